The molecule has 1 heterocycles. The first kappa shape index (κ1) is 18.5. The number of aryl methyl sites for hydroxylation is 1. The predicted octanol–water partition coefficient (Wildman–Crippen LogP) is 3.46. The molecule has 0 saturated heterocycles. The summed E-state index contributed by atoms with van der Waals surface area (Å²) in [6, 6.07) is 15.4. The normalized spacial score (nSPS) is 10.7. The molecule has 0 unspecified atom stereocenters. The molecule has 8 heteroatoms. The van der Waals surface area contributed by atoms with Gasteiger partial charge < -0.3 is 4.74 Å². The van der Waals surface area contributed by atoms with Crippen molar-refractivity contribution in [1.82, 2.24) is 15.6 Å². The number of aromatic nitrogens is 2. The molecule has 0 saturated carbocycles. The number of hydrogen-bond acceptors (Lipinski definition) is 5. The Kier molecular flexibility index (Phi) is 5.77. The van der Waals surface area contributed by atoms with Gasteiger partial charge in [-0.2, -0.15) is 10.2 Å². The molecule has 0 aliphatic rings. The summed E-state index contributed by atoms with van der Waals surface area (Å²) < 4.78 is 6.01. The molecule has 3 rings (SSSR count). The third kappa shape index (κ3) is 4.89. The van der Waals surface area contributed by atoms with E-state index in [0.717, 1.165) is 11.3 Å². The smallest absolute Gasteiger partial charge is 0.344 e. The van der Waals surface area contributed by atoms with Gasteiger partial charge in [0.05, 0.1) is 11.8 Å². The molecule has 0 aliphatic carbocycles. The van der Waals surface area contributed by atoms with Crippen molar-refractivity contribution < 1.29 is 14.3 Å². The molecule has 27 heavy (non-hydrogen) atoms. The van der Waals surface area contributed by atoms with Gasteiger partial charge >= 0.3 is 5.97 Å². The summed E-state index contributed by atoms with van der Waals surface area (Å²) >= 11 is 3.32. The quantitative estimate of drug-likeness (QED) is 0.282. The highest BCUT2D eigenvalue weighted by atomic mass is 79.9. The topological polar surface area (TPSA) is 96.4 Å². The van der Waals surface area contributed by atoms with Crippen LogP contribution in [0, 0.1) is 6.92 Å². The Hall–Kier alpha value is -3.26. The minimum atomic E-state index is -0.453. The van der Waals surface area contributed by atoms with Crippen LogP contribution < -0.4 is 10.2 Å². The van der Waals surface area contributed by atoms with Crippen LogP contribution in [0.1, 0.15) is 32.1 Å². The minimum Gasteiger partial charge on any atom is -0.423 e. The third-order valence-corrected chi connectivity index (χ3v) is 4.19. The second-order valence-corrected chi connectivity index (χ2v) is 6.43. The molecule has 1 amide bonds. The van der Waals surface area contributed by atoms with Crippen molar-refractivity contribution >= 4 is 34.0 Å². The summed E-state index contributed by atoms with van der Waals surface area (Å²) in [4.78, 5) is 24.0. The maximum atomic E-state index is 12.2. The van der Waals surface area contributed by atoms with Gasteiger partial charge in [-0.1, -0.05) is 12.1 Å². The van der Waals surface area contributed by atoms with Crippen LogP contribution >= 0.6 is 15.9 Å². The summed E-state index contributed by atoms with van der Waals surface area (Å²) in [5, 5.41) is 10.4. The number of nitrogens with zero attached hydrogens (tertiary/aromatic N) is 2. The first-order valence-corrected chi connectivity index (χ1v) is 8.74. The number of carbonyl (C=O) groups excluding carboxylic acids is 2. The lowest BCUT2D eigenvalue weighted by Crippen LogP contribution is -2.18. The Balaban J connectivity index is 1.58. The molecule has 3 aromatic rings. The number of hydrogen-bond donors (Lipinski definition) is 2. The molecule has 7 nitrogen and oxygen atoms in total. The summed E-state index contributed by atoms with van der Waals surface area (Å²) in [6.45, 7) is 1.80. The van der Waals surface area contributed by atoms with Gasteiger partial charge in [0.15, 0.2) is 5.69 Å². The lowest BCUT2D eigenvalue weighted by molar-refractivity contribution is 0.0733. The molecule has 0 spiro atoms. The van der Waals surface area contributed by atoms with Gasteiger partial charge in [0.25, 0.3) is 5.91 Å². The molecule has 1 aromatic heterocycles. The monoisotopic (exact) mass is 426 g/mol. The number of rotatable bonds is 5. The number of halogens is 1. The van der Waals surface area contributed by atoms with Crippen molar-refractivity contribution in [1.29, 1.82) is 0 Å². The van der Waals surface area contributed by atoms with Gasteiger partial charge in [-0.15, -0.1) is 0 Å². The lowest BCUT2D eigenvalue weighted by atomic mass is 10.2. The van der Waals surface area contributed by atoms with Crippen molar-refractivity contribution in [2.24, 2.45) is 5.10 Å². The van der Waals surface area contributed by atoms with Gasteiger partial charge in [0, 0.05) is 10.2 Å². The summed E-state index contributed by atoms with van der Waals surface area (Å²) in [7, 11) is 0. The van der Waals surface area contributed by atoms with E-state index < -0.39 is 11.9 Å². The van der Waals surface area contributed by atoms with Crippen molar-refractivity contribution in [2.75, 3.05) is 0 Å². The maximum Gasteiger partial charge on any atom is 0.344 e. The van der Waals surface area contributed by atoms with Gasteiger partial charge in [0.2, 0.25) is 0 Å². The third-order valence-electron chi connectivity index (χ3n) is 3.50. The Morgan fingerprint density at radius 1 is 1.19 bits per heavy atom. The Morgan fingerprint density at radius 2 is 1.93 bits per heavy atom. The highest BCUT2D eigenvalue weighted by Crippen LogP contribution is 2.19. The highest BCUT2D eigenvalue weighted by molar-refractivity contribution is 9.10. The zero-order chi connectivity index (χ0) is 19.2. The molecular weight excluding hydrogens is 412 g/mol. The fourth-order valence-electron chi connectivity index (χ4n) is 2.17. The maximum absolute atomic E-state index is 12.2. The average Bonchev–Trinajstić information content (AvgIpc) is 3.10. The summed E-state index contributed by atoms with van der Waals surface area (Å²) in [5.74, 6) is -0.455. The van der Waals surface area contributed by atoms with Gasteiger partial charge in [0.1, 0.15) is 5.75 Å². The van der Waals surface area contributed by atoms with E-state index in [1.807, 2.05) is 6.07 Å². The number of aromatic amines is 1. The highest BCUT2D eigenvalue weighted by Gasteiger charge is 2.11. The Labute approximate surface area is 163 Å². The Bertz CT molecular complexity index is 996. The van der Waals surface area contributed by atoms with E-state index in [1.54, 1.807) is 55.5 Å². The lowest BCUT2D eigenvalue weighted by Gasteiger charge is -2.06. The largest absolute Gasteiger partial charge is 0.423 e. The number of nitrogens with one attached hydrogen (secondary N) is 2. The fraction of sp³-hybridized carbons (Fsp3) is 0.0526. The predicted molar refractivity (Wildman–Crippen MR) is 104 cm³/mol. The number of ether oxygens (including phenoxy) is 1. The molecule has 0 atom stereocenters. The van der Waals surface area contributed by atoms with Gasteiger partial charge in [-0.05, 0) is 70.9 Å². The van der Waals surface area contributed by atoms with Crippen LogP contribution in [0.5, 0.6) is 5.75 Å². The van der Waals surface area contributed by atoms with Crippen LogP contribution in [-0.2, 0) is 0 Å². The van der Waals surface area contributed by atoms with E-state index in [-0.39, 0.29) is 5.69 Å². The van der Waals surface area contributed by atoms with Crippen molar-refractivity contribution in [2.45, 2.75) is 6.92 Å². The molecule has 0 bridgehead atoms. The standard InChI is InChI=1S/C19H15BrN4O3/c1-12-10-17(23-22-12)18(25)24-21-11-13-6-8-14(9-7-13)27-19(26)15-4-2-3-5-16(15)20/h2-11H,1H3,(H,22,23)(H,24,25). The molecular formula is C19H15BrN4O3. The number of hydrazone groups is 1. The Morgan fingerprint density at radius 3 is 2.59 bits per heavy atom. The average molecular weight is 427 g/mol. The van der Waals surface area contributed by atoms with Crippen LogP contribution in [0.3, 0.4) is 0 Å². The van der Waals surface area contributed by atoms with Crippen molar-refractivity contribution in [3.8, 4) is 5.75 Å². The molecule has 0 aliphatic heterocycles. The van der Waals surface area contributed by atoms with E-state index in [2.05, 4.69) is 36.7 Å². The van der Waals surface area contributed by atoms with Crippen LogP contribution in [0.15, 0.2) is 64.2 Å². The first-order valence-electron chi connectivity index (χ1n) is 7.95. The summed E-state index contributed by atoms with van der Waals surface area (Å²) in [5.41, 5.74) is 4.62. The SMILES string of the molecule is Cc1cc(C(=O)NN=Cc2ccc(OC(=O)c3ccccc3Br)cc2)n[nH]1. The van der Waals surface area contributed by atoms with Crippen LogP contribution in [0.25, 0.3) is 0 Å². The van der Waals surface area contributed by atoms with Crippen LogP contribution in [0.2, 0.25) is 0 Å². The van der Waals surface area contributed by atoms with Crippen LogP contribution in [-0.4, -0.2) is 28.3 Å². The van der Waals surface area contributed by atoms with Gasteiger partial charge in [-0.3, -0.25) is 9.89 Å². The van der Waals surface area contributed by atoms with Gasteiger partial charge in [-0.25, -0.2) is 10.2 Å². The summed E-state index contributed by atoms with van der Waals surface area (Å²) in [6.07, 6.45) is 1.48. The van der Waals surface area contributed by atoms with E-state index in [0.29, 0.717) is 15.8 Å². The van der Waals surface area contributed by atoms with E-state index >= 15 is 0 Å². The number of carbonyl (C=O) groups is 2. The number of esters is 1. The van der Waals surface area contributed by atoms with Crippen molar-refractivity contribution in [3.63, 3.8) is 0 Å². The number of amides is 1. The first-order chi connectivity index (χ1) is 13.0. The van der Waals surface area contributed by atoms with Crippen LogP contribution in [0.4, 0.5) is 0 Å². The molecule has 2 N–H and O–H groups in total. The minimum absolute atomic E-state index is 0.263. The van der Waals surface area contributed by atoms with E-state index in [4.69, 9.17) is 4.74 Å². The molecule has 2 aromatic carbocycles. The number of H-pyrrole nitrogens is 1. The number of benzene rings is 2. The fourth-order valence-corrected chi connectivity index (χ4v) is 2.61. The molecule has 136 valence electrons. The van der Waals surface area contributed by atoms with E-state index in [9.17, 15) is 9.59 Å². The molecule has 0 fully saturated rings. The molecule has 0 radical (unpaired) electrons. The van der Waals surface area contributed by atoms with Crippen molar-refractivity contribution in [3.05, 3.63) is 81.6 Å². The second-order valence-electron chi connectivity index (χ2n) is 5.57. The van der Waals surface area contributed by atoms with E-state index in [1.165, 1.54) is 6.21 Å². The second kappa shape index (κ2) is 8.41. The zero-order valence-electron chi connectivity index (χ0n) is 14.3. The zero-order valence-corrected chi connectivity index (χ0v) is 15.9.